The van der Waals surface area contributed by atoms with Crippen LogP contribution in [0.15, 0.2) is 23.0 Å². The Bertz CT molecular complexity index is 871. The van der Waals surface area contributed by atoms with Gasteiger partial charge in [-0.15, -0.1) is 0 Å². The summed E-state index contributed by atoms with van der Waals surface area (Å²) in [6.07, 6.45) is 0.904. The maximum atomic E-state index is 12.9. The second kappa shape index (κ2) is 6.86. The third-order valence-corrected chi connectivity index (χ3v) is 4.42. The number of aromatic amines is 2. The van der Waals surface area contributed by atoms with Crippen molar-refractivity contribution < 1.29 is 9.53 Å². The molecule has 0 aliphatic carbocycles. The molecule has 0 bridgehead atoms. The van der Waals surface area contributed by atoms with E-state index in [0.29, 0.717) is 42.1 Å². The van der Waals surface area contributed by atoms with Crippen molar-refractivity contribution in [1.82, 2.24) is 14.9 Å². The van der Waals surface area contributed by atoms with Crippen LogP contribution in [0.25, 0.3) is 10.9 Å². The standard InChI is InChI=1S/C17H21N3O3S/c1-10(2)7-12-9-23-6-5-20(12)16(22)11-3-4-13-14(8-11)18-17(24)19-15(13)21/h3-4,8,10,12H,5-7,9H2,1-2H3,(H2,18,19,21,24)/t12-/m1/s1. The summed E-state index contributed by atoms with van der Waals surface area (Å²) in [6, 6.07) is 5.13. The van der Waals surface area contributed by atoms with Crippen molar-refractivity contribution in [3.63, 3.8) is 0 Å². The topological polar surface area (TPSA) is 78.2 Å². The average molecular weight is 347 g/mol. The minimum absolute atomic E-state index is 0.0366. The van der Waals surface area contributed by atoms with Gasteiger partial charge < -0.3 is 14.6 Å². The maximum absolute atomic E-state index is 12.9. The molecular weight excluding hydrogens is 326 g/mol. The summed E-state index contributed by atoms with van der Waals surface area (Å²) in [5.41, 5.74) is 0.870. The molecule has 3 rings (SSSR count). The first-order chi connectivity index (χ1) is 11.5. The van der Waals surface area contributed by atoms with Crippen LogP contribution in [0.1, 0.15) is 30.6 Å². The number of hydrogen-bond donors (Lipinski definition) is 2. The van der Waals surface area contributed by atoms with Crippen molar-refractivity contribution in [2.75, 3.05) is 19.8 Å². The predicted octanol–water partition coefficient (Wildman–Crippen LogP) is 2.47. The van der Waals surface area contributed by atoms with E-state index in [1.54, 1.807) is 18.2 Å². The summed E-state index contributed by atoms with van der Waals surface area (Å²) in [5, 5.41) is 0.487. The lowest BCUT2D eigenvalue weighted by molar-refractivity contribution is -0.00745. The lowest BCUT2D eigenvalue weighted by atomic mass is 10.0. The van der Waals surface area contributed by atoms with Gasteiger partial charge in [0.05, 0.1) is 30.2 Å². The molecule has 6 nitrogen and oxygen atoms in total. The number of rotatable bonds is 3. The van der Waals surface area contributed by atoms with E-state index in [-0.39, 0.29) is 22.3 Å². The Kier molecular flexibility index (Phi) is 4.82. The zero-order valence-electron chi connectivity index (χ0n) is 13.8. The molecule has 2 N–H and O–H groups in total. The van der Waals surface area contributed by atoms with Gasteiger partial charge in [0.15, 0.2) is 4.77 Å². The lowest BCUT2D eigenvalue weighted by Gasteiger charge is -2.36. The van der Waals surface area contributed by atoms with Gasteiger partial charge >= 0.3 is 0 Å². The van der Waals surface area contributed by atoms with Crippen LogP contribution in [0.5, 0.6) is 0 Å². The number of carbonyl (C=O) groups excluding carboxylic acids is 1. The maximum Gasteiger partial charge on any atom is 0.259 e. The van der Waals surface area contributed by atoms with E-state index in [0.717, 1.165) is 6.42 Å². The summed E-state index contributed by atoms with van der Waals surface area (Å²) in [6.45, 7) is 5.98. The summed E-state index contributed by atoms with van der Waals surface area (Å²) in [4.78, 5) is 32.2. The Morgan fingerprint density at radius 2 is 2.21 bits per heavy atom. The highest BCUT2D eigenvalue weighted by Gasteiger charge is 2.28. The molecule has 0 spiro atoms. The third-order valence-electron chi connectivity index (χ3n) is 4.22. The number of nitrogens with zero attached hydrogens (tertiary/aromatic N) is 1. The molecule has 7 heteroatoms. The smallest absolute Gasteiger partial charge is 0.259 e. The van der Waals surface area contributed by atoms with Crippen molar-refractivity contribution in [2.24, 2.45) is 5.92 Å². The Labute approximate surface area is 144 Å². The van der Waals surface area contributed by atoms with Gasteiger partial charge in [-0.1, -0.05) is 13.8 Å². The molecular formula is C17H21N3O3S. The third kappa shape index (κ3) is 3.42. The SMILES string of the molecule is CC(C)C[C@@H]1COCCN1C(=O)c1ccc2c(=O)[nH]c(=S)[nH]c2c1. The van der Waals surface area contributed by atoms with Crippen LogP contribution in [0.3, 0.4) is 0 Å². The molecule has 0 radical (unpaired) electrons. The van der Waals surface area contributed by atoms with E-state index in [9.17, 15) is 9.59 Å². The first kappa shape index (κ1) is 16.9. The van der Waals surface area contributed by atoms with Crippen LogP contribution < -0.4 is 5.56 Å². The number of amides is 1. The minimum atomic E-state index is -0.253. The minimum Gasteiger partial charge on any atom is -0.377 e. The molecule has 1 aromatic heterocycles. The van der Waals surface area contributed by atoms with Gasteiger partial charge in [0.1, 0.15) is 0 Å². The zero-order valence-corrected chi connectivity index (χ0v) is 14.6. The number of morpholine rings is 1. The van der Waals surface area contributed by atoms with Gasteiger partial charge in [0.2, 0.25) is 0 Å². The Morgan fingerprint density at radius 1 is 1.42 bits per heavy atom. The van der Waals surface area contributed by atoms with Gasteiger partial charge in [-0.05, 0) is 42.8 Å². The molecule has 2 aromatic rings. The van der Waals surface area contributed by atoms with Crippen LogP contribution in [-0.2, 0) is 4.74 Å². The largest absolute Gasteiger partial charge is 0.377 e. The van der Waals surface area contributed by atoms with E-state index in [1.807, 2.05) is 4.90 Å². The van der Waals surface area contributed by atoms with E-state index in [1.165, 1.54) is 0 Å². The molecule has 1 atom stereocenters. The highest BCUT2D eigenvalue weighted by molar-refractivity contribution is 7.71. The van der Waals surface area contributed by atoms with Crippen molar-refractivity contribution in [3.8, 4) is 0 Å². The van der Waals surface area contributed by atoms with Crippen molar-refractivity contribution in [2.45, 2.75) is 26.3 Å². The molecule has 1 aromatic carbocycles. The number of fused-ring (bicyclic) bond motifs is 1. The molecule has 1 saturated heterocycles. The van der Waals surface area contributed by atoms with Gasteiger partial charge in [-0.25, -0.2) is 0 Å². The fraction of sp³-hybridized carbons (Fsp3) is 0.471. The predicted molar refractivity (Wildman–Crippen MR) is 94.9 cm³/mol. The summed E-state index contributed by atoms with van der Waals surface area (Å²) < 4.78 is 5.79. The molecule has 1 amide bonds. The molecule has 2 heterocycles. The van der Waals surface area contributed by atoms with Gasteiger partial charge in [-0.3, -0.25) is 14.6 Å². The van der Waals surface area contributed by atoms with Crippen LogP contribution in [0, 0.1) is 10.7 Å². The van der Waals surface area contributed by atoms with E-state index < -0.39 is 0 Å². The summed E-state index contributed by atoms with van der Waals surface area (Å²) in [7, 11) is 0. The average Bonchev–Trinajstić information content (AvgIpc) is 2.53. The second-order valence-electron chi connectivity index (χ2n) is 6.53. The fourth-order valence-electron chi connectivity index (χ4n) is 3.13. The number of carbonyl (C=O) groups is 1. The molecule has 1 fully saturated rings. The van der Waals surface area contributed by atoms with Gasteiger partial charge in [-0.2, -0.15) is 0 Å². The van der Waals surface area contributed by atoms with Crippen LogP contribution in [-0.4, -0.2) is 46.6 Å². The highest BCUT2D eigenvalue weighted by Crippen LogP contribution is 2.20. The molecule has 24 heavy (non-hydrogen) atoms. The quantitative estimate of drug-likeness (QED) is 0.836. The Balaban J connectivity index is 1.95. The first-order valence-electron chi connectivity index (χ1n) is 8.11. The number of hydrogen-bond acceptors (Lipinski definition) is 4. The molecule has 0 saturated carbocycles. The van der Waals surface area contributed by atoms with E-state index in [4.69, 9.17) is 17.0 Å². The molecule has 1 aliphatic heterocycles. The number of H-pyrrole nitrogens is 2. The summed E-state index contributed by atoms with van der Waals surface area (Å²) >= 11 is 5.00. The monoisotopic (exact) mass is 347 g/mol. The molecule has 0 unspecified atom stereocenters. The van der Waals surface area contributed by atoms with Crippen LogP contribution in [0.4, 0.5) is 0 Å². The van der Waals surface area contributed by atoms with Crippen molar-refractivity contribution in [1.29, 1.82) is 0 Å². The van der Waals surface area contributed by atoms with Crippen LogP contribution in [0.2, 0.25) is 0 Å². The highest BCUT2D eigenvalue weighted by atomic mass is 32.1. The van der Waals surface area contributed by atoms with Crippen LogP contribution >= 0.6 is 12.2 Å². The summed E-state index contributed by atoms with van der Waals surface area (Å²) in [5.74, 6) is 0.448. The zero-order chi connectivity index (χ0) is 17.3. The lowest BCUT2D eigenvalue weighted by Crippen LogP contribution is -2.49. The molecule has 1 aliphatic rings. The van der Waals surface area contributed by atoms with Crippen molar-refractivity contribution in [3.05, 3.63) is 38.9 Å². The van der Waals surface area contributed by atoms with E-state index in [2.05, 4.69) is 23.8 Å². The molecule has 128 valence electrons. The van der Waals surface area contributed by atoms with E-state index >= 15 is 0 Å². The van der Waals surface area contributed by atoms with Gasteiger partial charge in [0, 0.05) is 12.1 Å². The number of ether oxygens (including phenoxy) is 1. The fourth-order valence-corrected chi connectivity index (χ4v) is 3.33. The number of nitrogens with one attached hydrogen (secondary N) is 2. The Morgan fingerprint density at radius 3 is 2.96 bits per heavy atom. The second-order valence-corrected chi connectivity index (χ2v) is 6.93. The van der Waals surface area contributed by atoms with Gasteiger partial charge in [0.25, 0.3) is 11.5 Å². The first-order valence-corrected chi connectivity index (χ1v) is 8.51. The number of benzene rings is 1. The normalized spacial score (nSPS) is 18.3. The van der Waals surface area contributed by atoms with Crippen molar-refractivity contribution >= 4 is 29.0 Å². The number of aromatic nitrogens is 2. The Hall–Kier alpha value is -1.99.